The number of nitrogens with zero attached hydrogens (tertiary/aromatic N) is 1. The largest absolute Gasteiger partial charge is 0.481 e. The molecule has 0 aromatic carbocycles. The van der Waals surface area contributed by atoms with Crippen LogP contribution in [0.5, 0.6) is 0 Å². The van der Waals surface area contributed by atoms with Crippen molar-refractivity contribution < 1.29 is 102 Å². The maximum atomic E-state index is 14.7. The fourth-order valence-corrected chi connectivity index (χ4v) is 8.96. The van der Waals surface area contributed by atoms with E-state index in [1.54, 1.807) is 27.7 Å². The van der Waals surface area contributed by atoms with Gasteiger partial charge >= 0.3 is 29.8 Å². The van der Waals surface area contributed by atoms with Crippen molar-refractivity contribution in [2.24, 2.45) is 35.1 Å². The Morgan fingerprint density at radius 3 is 1.38 bits per heavy atom. The smallest absolute Gasteiger partial charge is 0.322 e. The van der Waals surface area contributed by atoms with E-state index in [9.17, 15) is 97.1 Å². The molecule has 0 aromatic heterocycles. The second-order valence-electron chi connectivity index (χ2n) is 23.4. The van der Waals surface area contributed by atoms with Gasteiger partial charge in [-0.1, -0.05) is 81.6 Å². The average molecular weight is 1300 g/mol. The van der Waals surface area contributed by atoms with Crippen LogP contribution in [0.15, 0.2) is 0 Å². The molecule has 0 heterocycles. The highest BCUT2D eigenvalue weighted by atomic mass is 16.4. The van der Waals surface area contributed by atoms with Crippen molar-refractivity contribution in [2.75, 3.05) is 26.2 Å². The molecule has 0 rings (SSSR count). The third-order valence-corrected chi connectivity index (χ3v) is 13.8. The van der Waals surface area contributed by atoms with E-state index < -0.39 is 225 Å². The number of carbonyl (C=O) groups is 16. The monoisotopic (exact) mass is 1300 g/mol. The van der Waals surface area contributed by atoms with Crippen LogP contribution in [0.1, 0.15) is 153 Å². The normalized spacial score (nSPS) is 14.5. The minimum Gasteiger partial charge on any atom is -0.481 e. The maximum absolute atomic E-state index is 14.7. The number of nitrogens with one attached hydrogen (secondary N) is 10. The quantitative estimate of drug-likeness (QED) is 0.0266. The van der Waals surface area contributed by atoms with Crippen LogP contribution < -0.4 is 64.6 Å². The molecule has 0 aromatic rings. The first-order chi connectivity index (χ1) is 42.4. The molecule has 0 spiro atoms. The van der Waals surface area contributed by atoms with Crippen molar-refractivity contribution in [1.29, 1.82) is 0 Å². The maximum Gasteiger partial charge on any atom is 0.322 e. The van der Waals surface area contributed by atoms with Crippen molar-refractivity contribution in [1.82, 2.24) is 58.1 Å². The fraction of sp³-hybridized carbons (Fsp3) is 0.719. The van der Waals surface area contributed by atoms with Gasteiger partial charge in [0.2, 0.25) is 65.0 Å². The molecule has 0 bridgehead atoms. The molecular weight excluding hydrogens is 1200 g/mol. The molecule has 0 aliphatic carbocycles. The minimum atomic E-state index is -2.07. The zero-order valence-electron chi connectivity index (χ0n) is 53.5. The zero-order chi connectivity index (χ0) is 70.0. The van der Waals surface area contributed by atoms with Gasteiger partial charge in [-0.15, -0.1) is 0 Å². The number of carboxylic acids is 5. The molecule has 0 saturated carbocycles. The lowest BCUT2D eigenvalue weighted by molar-refractivity contribution is -0.149. The first-order valence-electron chi connectivity index (χ1n) is 30.2. The summed E-state index contributed by atoms with van der Waals surface area (Å²) in [7, 11) is 0. The van der Waals surface area contributed by atoms with E-state index in [2.05, 4.69) is 53.2 Å². The lowest BCUT2D eigenvalue weighted by Gasteiger charge is -2.37. The second kappa shape index (κ2) is 42.4. The van der Waals surface area contributed by atoms with Gasteiger partial charge in [-0.2, -0.15) is 0 Å². The Morgan fingerprint density at radius 2 is 0.890 bits per heavy atom. The third-order valence-electron chi connectivity index (χ3n) is 13.8. The first kappa shape index (κ1) is 82.4. The number of carboxylic acid groups (broad SMARTS) is 5. The summed E-state index contributed by atoms with van der Waals surface area (Å²) in [6.45, 7) is 14.0. The Hall–Kier alpha value is -8.56. The van der Waals surface area contributed by atoms with E-state index in [-0.39, 0.29) is 31.7 Å². The third kappa shape index (κ3) is 32.7. The topological polar surface area (TPSA) is 550 Å². The molecule has 0 radical (unpaired) electrons. The summed E-state index contributed by atoms with van der Waals surface area (Å²) in [6.07, 6.45) is -2.19. The van der Waals surface area contributed by atoms with Crippen LogP contribution in [-0.2, 0) is 76.7 Å². The highest BCUT2D eigenvalue weighted by Crippen LogP contribution is 2.18. The van der Waals surface area contributed by atoms with Crippen molar-refractivity contribution in [3.63, 3.8) is 0 Å². The number of amides is 11. The van der Waals surface area contributed by atoms with E-state index in [4.69, 9.17) is 16.6 Å². The Kier molecular flexibility index (Phi) is 38.4. The van der Waals surface area contributed by atoms with Crippen molar-refractivity contribution in [3.8, 4) is 0 Å². The van der Waals surface area contributed by atoms with Gasteiger partial charge in [0.15, 0.2) is 0 Å². The summed E-state index contributed by atoms with van der Waals surface area (Å²) in [4.78, 5) is 210. The standard InChI is InChI=1S/C57H97N13O21/c1-11-12-15-22-70(57(91)38(25-43(78)79)67-55(89)46(30(6)7)68-49(83)33(59)16-13-14-21-58)47(31(8)9)56(90)66-37(24-42(76)77)53(87)64-35(18-20-41(74)75)52(86)69-45(29(4)5)54(88)60-26-39(71)63-34(17-19-40(72)73)51(85)62-32(10)48(82)65-36(23-28(2)3)50(84)61-27-44(80)81/h28-38,45-47H,11-27,58-59H2,1-10H3,(H,60,88)(H,61,84)(H,62,85)(H,63,71)(H,64,87)(H,65,82)(H,66,90)(H,67,89)(H,68,83)(H,69,86)(H,72,73)(H,74,75)(H,76,77)(H,78,79)(H,80,81). The Balaban J connectivity index is 6.80. The van der Waals surface area contributed by atoms with Crippen LogP contribution in [0.3, 0.4) is 0 Å². The van der Waals surface area contributed by atoms with Crippen LogP contribution in [0.25, 0.3) is 0 Å². The van der Waals surface area contributed by atoms with E-state index in [0.717, 1.165) is 4.90 Å². The van der Waals surface area contributed by atoms with Gasteiger partial charge in [0, 0.05) is 19.4 Å². The van der Waals surface area contributed by atoms with E-state index in [0.29, 0.717) is 32.2 Å². The lowest BCUT2D eigenvalue weighted by Crippen LogP contribution is -2.62. The SMILES string of the molecule is CCCCCN(C(=O)C(CC(=O)O)NC(=O)C(NC(=O)C(N)CCCCN)C(C)C)C(C(=O)NC(CC(=O)O)C(=O)NC(CCC(=O)O)C(=O)NC(C(=O)NCC(=O)NC(CCC(=O)O)C(=O)NC(C)C(=O)NC(CC(C)C)C(=O)NCC(=O)O)C(C)C)C(C)C. The van der Waals surface area contributed by atoms with Crippen LogP contribution in [0, 0.1) is 23.7 Å². The van der Waals surface area contributed by atoms with Crippen molar-refractivity contribution >= 4 is 94.8 Å². The van der Waals surface area contributed by atoms with Gasteiger partial charge in [0.25, 0.3) is 0 Å². The van der Waals surface area contributed by atoms with Gasteiger partial charge in [0.1, 0.15) is 60.9 Å². The minimum absolute atomic E-state index is 0.0690. The predicted molar refractivity (Wildman–Crippen MR) is 323 cm³/mol. The lowest BCUT2D eigenvalue weighted by atomic mass is 9.97. The molecule has 0 fully saturated rings. The highest BCUT2D eigenvalue weighted by molar-refractivity contribution is 6.00. The second-order valence-corrected chi connectivity index (χ2v) is 23.4. The summed E-state index contributed by atoms with van der Waals surface area (Å²) >= 11 is 0. The van der Waals surface area contributed by atoms with Gasteiger partial charge in [-0.25, -0.2) is 0 Å². The van der Waals surface area contributed by atoms with Crippen molar-refractivity contribution in [2.45, 2.75) is 213 Å². The van der Waals surface area contributed by atoms with Gasteiger partial charge in [0.05, 0.1) is 25.4 Å². The molecule has 19 N–H and O–H groups in total. The molecule has 516 valence electrons. The molecule has 91 heavy (non-hydrogen) atoms. The van der Waals surface area contributed by atoms with E-state index in [1.165, 1.54) is 34.6 Å². The summed E-state index contributed by atoms with van der Waals surface area (Å²) < 4.78 is 0. The molecule has 11 amide bonds. The zero-order valence-corrected chi connectivity index (χ0v) is 53.5. The molecule has 0 aliphatic rings. The van der Waals surface area contributed by atoms with Crippen molar-refractivity contribution in [3.05, 3.63) is 0 Å². The molecule has 10 atom stereocenters. The first-order valence-corrected chi connectivity index (χ1v) is 30.2. The number of hydrogen-bond acceptors (Lipinski definition) is 18. The van der Waals surface area contributed by atoms with Crippen LogP contribution in [0.4, 0.5) is 0 Å². The molecule has 34 nitrogen and oxygen atoms in total. The van der Waals surface area contributed by atoms with Gasteiger partial charge in [-0.3, -0.25) is 76.7 Å². The highest BCUT2D eigenvalue weighted by Gasteiger charge is 2.41. The number of rotatable bonds is 46. The summed E-state index contributed by atoms with van der Waals surface area (Å²) in [6, 6.07) is -15.6. The molecule has 0 saturated heterocycles. The van der Waals surface area contributed by atoms with Crippen LogP contribution >= 0.6 is 0 Å². The molecule has 0 aliphatic heterocycles. The number of hydrogen-bond donors (Lipinski definition) is 17. The summed E-state index contributed by atoms with van der Waals surface area (Å²) in [5.41, 5.74) is 11.6. The van der Waals surface area contributed by atoms with Crippen LogP contribution in [-0.4, -0.2) is 212 Å². The summed E-state index contributed by atoms with van der Waals surface area (Å²) in [5.74, 6) is -21.3. The predicted octanol–water partition coefficient (Wildman–Crippen LogP) is -3.26. The number of nitrogens with two attached hydrogens (primary N) is 2. The molecule has 10 unspecified atom stereocenters. The number of aliphatic carboxylic acids is 5. The van der Waals surface area contributed by atoms with E-state index in [1.807, 2.05) is 6.92 Å². The molecular formula is C57H97N13O21. The Bertz CT molecular complexity index is 2530. The Labute approximate surface area is 528 Å². The average Bonchev–Trinajstić information content (AvgIpc) is 0.941. The van der Waals surface area contributed by atoms with Gasteiger partial charge < -0.3 is 95.1 Å². The number of unbranched alkanes of at least 4 members (excludes halogenated alkanes) is 3. The van der Waals surface area contributed by atoms with Crippen LogP contribution in [0.2, 0.25) is 0 Å². The van der Waals surface area contributed by atoms with E-state index >= 15 is 0 Å². The molecule has 34 heteroatoms. The summed E-state index contributed by atoms with van der Waals surface area (Å²) in [5, 5.41) is 71.1. The number of carbonyl (C=O) groups excluding carboxylic acids is 11. The van der Waals surface area contributed by atoms with Gasteiger partial charge in [-0.05, 0) is 75.7 Å². The Morgan fingerprint density at radius 1 is 0.418 bits per heavy atom. The fourth-order valence-electron chi connectivity index (χ4n) is 8.96.